The van der Waals surface area contributed by atoms with Crippen LogP contribution in [0.3, 0.4) is 0 Å². The molecule has 8 nitrogen and oxygen atoms in total. The molecule has 1 fully saturated rings. The van der Waals surface area contributed by atoms with Gasteiger partial charge >= 0.3 is 0 Å². The van der Waals surface area contributed by atoms with Gasteiger partial charge < -0.3 is 5.32 Å². The maximum Gasteiger partial charge on any atom is 0.291 e. The monoisotopic (exact) mass is 495 g/mol. The minimum atomic E-state index is -1.51. The van der Waals surface area contributed by atoms with Crippen LogP contribution in [-0.2, 0) is 0 Å². The van der Waals surface area contributed by atoms with Gasteiger partial charge in [0, 0.05) is 24.8 Å². The Labute approximate surface area is 205 Å². The molecule has 3 atom stereocenters. The molecule has 36 heavy (non-hydrogen) atoms. The molecule has 0 saturated carbocycles. The Morgan fingerprint density at radius 3 is 2.50 bits per heavy atom. The van der Waals surface area contributed by atoms with E-state index in [1.807, 2.05) is 6.07 Å². The molecule has 1 unspecified atom stereocenters. The number of nitrogens with zero attached hydrogens (tertiary/aromatic N) is 6. The molecule has 11 heteroatoms. The van der Waals surface area contributed by atoms with E-state index >= 15 is 0 Å². The molecule has 1 aromatic carbocycles. The van der Waals surface area contributed by atoms with E-state index in [0.717, 1.165) is 42.7 Å². The molecular weight excluding hydrogens is 471 g/mol. The van der Waals surface area contributed by atoms with Crippen molar-refractivity contribution in [3.63, 3.8) is 0 Å². The van der Waals surface area contributed by atoms with Gasteiger partial charge in [-0.25, -0.2) is 28.2 Å². The quantitative estimate of drug-likeness (QED) is 0.560. The molecule has 0 spiro atoms. The number of hydrogen-bond donors (Lipinski definition) is 1. The number of amides is 1. The molecule has 0 aliphatic carbocycles. The van der Waals surface area contributed by atoms with Crippen LogP contribution in [-0.4, -0.2) is 54.8 Å². The SMILES string of the molecule is Cc1cc(-n2cnnc2)cc(C(=O)N2C3=C(C[C@H]4CCC[C@@H]3N4)C(c3cc(F)c(F)c(F)c3)N2C)n1. The highest BCUT2D eigenvalue weighted by Gasteiger charge is 2.48. The largest absolute Gasteiger partial charge is 0.306 e. The van der Waals surface area contributed by atoms with Crippen LogP contribution in [0.1, 0.15) is 53.5 Å². The molecule has 1 saturated heterocycles. The normalized spacial score (nSPS) is 23.8. The molecule has 3 aliphatic heterocycles. The second kappa shape index (κ2) is 8.52. The number of benzene rings is 1. The molecule has 186 valence electrons. The van der Waals surface area contributed by atoms with Gasteiger partial charge in [0.25, 0.3) is 5.91 Å². The average molecular weight is 496 g/mol. The van der Waals surface area contributed by atoms with Crippen LogP contribution in [0.4, 0.5) is 13.2 Å². The summed E-state index contributed by atoms with van der Waals surface area (Å²) in [5.41, 5.74) is 3.50. The summed E-state index contributed by atoms with van der Waals surface area (Å²) in [6.45, 7) is 1.80. The fraction of sp³-hybridized carbons (Fsp3) is 0.360. The van der Waals surface area contributed by atoms with Gasteiger partial charge in [-0.1, -0.05) is 0 Å². The van der Waals surface area contributed by atoms with Gasteiger partial charge in [0.15, 0.2) is 17.5 Å². The first-order chi connectivity index (χ1) is 17.3. The van der Waals surface area contributed by atoms with Crippen molar-refractivity contribution >= 4 is 5.91 Å². The number of nitrogens with one attached hydrogen (secondary N) is 1. The van der Waals surface area contributed by atoms with Gasteiger partial charge in [0.05, 0.1) is 17.4 Å². The van der Waals surface area contributed by atoms with E-state index in [9.17, 15) is 18.0 Å². The van der Waals surface area contributed by atoms with Crippen molar-refractivity contribution in [1.82, 2.24) is 35.1 Å². The number of piperidine rings is 1. The third kappa shape index (κ3) is 3.61. The zero-order chi connectivity index (χ0) is 25.1. The van der Waals surface area contributed by atoms with Gasteiger partial charge in [-0.3, -0.25) is 9.36 Å². The molecule has 2 aromatic heterocycles. The number of carbonyl (C=O) groups is 1. The first kappa shape index (κ1) is 22.9. The van der Waals surface area contributed by atoms with Crippen LogP contribution in [0.15, 0.2) is 48.2 Å². The minimum absolute atomic E-state index is 0.0822. The Morgan fingerprint density at radius 1 is 1.06 bits per heavy atom. The molecule has 1 N–H and O–H groups in total. The molecule has 0 radical (unpaired) electrons. The van der Waals surface area contributed by atoms with Crippen molar-refractivity contribution in [2.75, 3.05) is 7.05 Å². The average Bonchev–Trinajstić information content (AvgIpc) is 3.48. The maximum absolute atomic E-state index is 14.3. The molecule has 6 rings (SSSR count). The Bertz CT molecular complexity index is 1370. The third-order valence-electron chi connectivity index (χ3n) is 7.24. The second-order valence-electron chi connectivity index (χ2n) is 9.57. The number of aryl methyl sites for hydroxylation is 1. The molecule has 3 aliphatic rings. The minimum Gasteiger partial charge on any atom is -0.306 e. The second-order valence-corrected chi connectivity index (χ2v) is 9.57. The predicted octanol–water partition coefficient (Wildman–Crippen LogP) is 3.60. The fourth-order valence-electron chi connectivity index (χ4n) is 5.79. The summed E-state index contributed by atoms with van der Waals surface area (Å²) in [5, 5.41) is 14.5. The van der Waals surface area contributed by atoms with E-state index in [1.54, 1.807) is 34.6 Å². The van der Waals surface area contributed by atoms with Crippen molar-refractivity contribution in [2.45, 2.75) is 50.7 Å². The van der Waals surface area contributed by atoms with E-state index in [2.05, 4.69) is 20.5 Å². The molecule has 5 heterocycles. The number of likely N-dealkylation sites (N-methyl/N-ethyl adjacent to an activating group) is 1. The Balaban J connectivity index is 1.46. The summed E-state index contributed by atoms with van der Waals surface area (Å²) < 4.78 is 44.0. The third-order valence-corrected chi connectivity index (χ3v) is 7.24. The van der Waals surface area contributed by atoms with E-state index in [-0.39, 0.29) is 29.2 Å². The van der Waals surface area contributed by atoms with Gasteiger partial charge in [-0.2, -0.15) is 0 Å². The van der Waals surface area contributed by atoms with Crippen LogP contribution in [0.25, 0.3) is 5.69 Å². The zero-order valence-electron chi connectivity index (χ0n) is 19.8. The van der Waals surface area contributed by atoms with Crippen LogP contribution in [0, 0.1) is 24.4 Å². The van der Waals surface area contributed by atoms with Crippen LogP contribution >= 0.6 is 0 Å². The lowest BCUT2D eigenvalue weighted by Gasteiger charge is -2.39. The highest BCUT2D eigenvalue weighted by molar-refractivity contribution is 5.94. The first-order valence-electron chi connectivity index (χ1n) is 11.9. The molecular formula is C25H24F3N7O. The van der Waals surface area contributed by atoms with Crippen molar-refractivity contribution in [3.8, 4) is 5.69 Å². The molecule has 3 aromatic rings. The van der Waals surface area contributed by atoms with E-state index in [1.165, 1.54) is 12.7 Å². The number of fused-ring (bicyclic) bond motifs is 3. The number of aromatic nitrogens is 4. The summed E-state index contributed by atoms with van der Waals surface area (Å²) in [6, 6.07) is 5.04. The van der Waals surface area contributed by atoms with Crippen LogP contribution < -0.4 is 5.32 Å². The summed E-state index contributed by atoms with van der Waals surface area (Å²) >= 11 is 0. The fourth-order valence-corrected chi connectivity index (χ4v) is 5.79. The number of hydrogen-bond acceptors (Lipinski definition) is 6. The van der Waals surface area contributed by atoms with Gasteiger partial charge in [-0.05, 0) is 68.0 Å². The number of rotatable bonds is 3. The summed E-state index contributed by atoms with van der Waals surface area (Å²) in [4.78, 5) is 18.5. The van der Waals surface area contributed by atoms with Crippen molar-refractivity contribution < 1.29 is 18.0 Å². The smallest absolute Gasteiger partial charge is 0.291 e. The highest BCUT2D eigenvalue weighted by Crippen LogP contribution is 2.47. The Hall–Kier alpha value is -3.57. The standard InChI is InChI=1S/C25H24F3N7O/c1-13-6-16(34-11-29-30-12-34)10-21(31-13)25(36)35-24-17(9-15-4-3-5-20(24)32-15)23(33(35)2)14-7-18(26)22(28)19(27)8-14/h6-8,10-12,15,20,23,32H,3-5,9H2,1-2H3/t15-,20+,23?/m1/s1. The number of carbonyl (C=O) groups excluding carboxylic acids is 1. The van der Waals surface area contributed by atoms with Gasteiger partial charge in [0.2, 0.25) is 0 Å². The van der Waals surface area contributed by atoms with E-state index < -0.39 is 23.5 Å². The summed E-state index contributed by atoms with van der Waals surface area (Å²) in [6.07, 6.45) is 6.51. The van der Waals surface area contributed by atoms with Crippen molar-refractivity contribution in [3.05, 3.63) is 82.6 Å². The molecule has 1 amide bonds. The lowest BCUT2D eigenvalue weighted by Crippen LogP contribution is -2.51. The first-order valence-corrected chi connectivity index (χ1v) is 11.9. The van der Waals surface area contributed by atoms with Crippen LogP contribution in [0.5, 0.6) is 0 Å². The van der Waals surface area contributed by atoms with Gasteiger partial charge in [0.1, 0.15) is 18.3 Å². The number of halogens is 3. The van der Waals surface area contributed by atoms with Crippen LogP contribution in [0.2, 0.25) is 0 Å². The van der Waals surface area contributed by atoms with E-state index in [0.29, 0.717) is 17.8 Å². The van der Waals surface area contributed by atoms with Crippen molar-refractivity contribution in [1.29, 1.82) is 0 Å². The van der Waals surface area contributed by atoms with E-state index in [4.69, 9.17) is 0 Å². The zero-order valence-corrected chi connectivity index (χ0v) is 19.8. The number of pyridine rings is 1. The number of hydrazine groups is 1. The summed E-state index contributed by atoms with van der Waals surface area (Å²) in [5.74, 6) is -4.37. The predicted molar refractivity (Wildman–Crippen MR) is 123 cm³/mol. The van der Waals surface area contributed by atoms with Gasteiger partial charge in [-0.15, -0.1) is 10.2 Å². The Morgan fingerprint density at radius 2 is 1.78 bits per heavy atom. The van der Waals surface area contributed by atoms with Crippen molar-refractivity contribution in [2.24, 2.45) is 0 Å². The summed E-state index contributed by atoms with van der Waals surface area (Å²) in [7, 11) is 1.71. The Kier molecular flexibility index (Phi) is 5.41. The highest BCUT2D eigenvalue weighted by atomic mass is 19.2. The lowest BCUT2D eigenvalue weighted by atomic mass is 9.81. The lowest BCUT2D eigenvalue weighted by molar-refractivity contribution is 0.0203. The molecule has 2 bridgehead atoms. The topological polar surface area (TPSA) is 79.2 Å². The maximum atomic E-state index is 14.3.